The molecule has 1 saturated carbocycles. The highest BCUT2D eigenvalue weighted by Crippen LogP contribution is 2.27. The van der Waals surface area contributed by atoms with E-state index in [1.54, 1.807) is 0 Å². The molecule has 0 radical (unpaired) electrons. The van der Waals surface area contributed by atoms with Crippen molar-refractivity contribution in [1.82, 2.24) is 5.32 Å². The summed E-state index contributed by atoms with van der Waals surface area (Å²) in [4.78, 5) is 12.1. The molecule has 18 heavy (non-hydrogen) atoms. The summed E-state index contributed by atoms with van der Waals surface area (Å²) in [5, 5.41) is 3.48. The lowest BCUT2D eigenvalue weighted by atomic mass is 9.90. The van der Waals surface area contributed by atoms with Crippen molar-refractivity contribution >= 4 is 5.97 Å². The zero-order valence-corrected chi connectivity index (χ0v) is 11.1. The predicted octanol–water partition coefficient (Wildman–Crippen LogP) is 2.61. The third-order valence-corrected chi connectivity index (χ3v) is 3.79. The first-order chi connectivity index (χ1) is 8.66. The van der Waals surface area contributed by atoms with Gasteiger partial charge in [-0.1, -0.05) is 43.2 Å². The van der Waals surface area contributed by atoms with Gasteiger partial charge < -0.3 is 4.74 Å². The van der Waals surface area contributed by atoms with Crippen molar-refractivity contribution in [3.05, 3.63) is 35.9 Å². The Morgan fingerprint density at radius 3 is 2.44 bits per heavy atom. The van der Waals surface area contributed by atoms with E-state index in [1.807, 2.05) is 37.3 Å². The molecule has 2 rings (SSSR count). The van der Waals surface area contributed by atoms with Gasteiger partial charge in [-0.15, -0.1) is 0 Å². The summed E-state index contributed by atoms with van der Waals surface area (Å²) in [5.41, 5.74) is 0.217. The van der Waals surface area contributed by atoms with Crippen LogP contribution in [0.25, 0.3) is 0 Å². The molecule has 3 heteroatoms. The largest absolute Gasteiger partial charge is 0.467 e. The molecule has 0 heterocycles. The van der Waals surface area contributed by atoms with Crippen LogP contribution in [0.2, 0.25) is 0 Å². The molecule has 1 aliphatic rings. The van der Waals surface area contributed by atoms with Gasteiger partial charge in [0.1, 0.15) is 5.54 Å². The lowest BCUT2D eigenvalue weighted by Crippen LogP contribution is -2.51. The minimum absolute atomic E-state index is 0.222. The summed E-state index contributed by atoms with van der Waals surface area (Å²) in [7, 11) is 1.44. The molecule has 3 nitrogen and oxygen atoms in total. The molecule has 1 unspecified atom stereocenters. The van der Waals surface area contributed by atoms with Crippen molar-refractivity contribution in [2.45, 2.75) is 44.2 Å². The number of nitrogens with one attached hydrogen (secondary N) is 1. The molecule has 0 aromatic heterocycles. The first-order valence-electron chi connectivity index (χ1n) is 6.58. The van der Waals surface area contributed by atoms with Gasteiger partial charge in [-0.3, -0.25) is 5.32 Å². The van der Waals surface area contributed by atoms with Gasteiger partial charge in [0.2, 0.25) is 0 Å². The van der Waals surface area contributed by atoms with E-state index in [2.05, 4.69) is 5.32 Å². The number of benzene rings is 1. The van der Waals surface area contributed by atoms with Crippen LogP contribution in [-0.4, -0.2) is 19.1 Å². The first kappa shape index (κ1) is 13.1. The van der Waals surface area contributed by atoms with E-state index in [0.29, 0.717) is 6.04 Å². The van der Waals surface area contributed by atoms with Crippen LogP contribution in [0.1, 0.15) is 38.2 Å². The normalized spacial score (nSPS) is 19.4. The van der Waals surface area contributed by atoms with Gasteiger partial charge in [-0.2, -0.15) is 0 Å². The molecule has 1 aliphatic carbocycles. The predicted molar refractivity (Wildman–Crippen MR) is 71.2 cm³/mol. The zero-order valence-electron chi connectivity index (χ0n) is 11.1. The average molecular weight is 247 g/mol. The molecule has 1 aromatic carbocycles. The molecule has 0 spiro atoms. The summed E-state index contributed by atoms with van der Waals surface area (Å²) >= 11 is 0. The molecule has 0 amide bonds. The SMILES string of the molecule is COC(=O)C(C)(NC1CCCC1)c1ccccc1. The van der Waals surface area contributed by atoms with Crippen LogP contribution in [0.4, 0.5) is 0 Å². The molecule has 0 bridgehead atoms. The molecular weight excluding hydrogens is 226 g/mol. The molecule has 98 valence electrons. The van der Waals surface area contributed by atoms with Crippen LogP contribution < -0.4 is 5.32 Å². The number of esters is 1. The van der Waals surface area contributed by atoms with Gasteiger partial charge >= 0.3 is 5.97 Å². The fourth-order valence-electron chi connectivity index (χ4n) is 2.71. The van der Waals surface area contributed by atoms with Crippen molar-refractivity contribution in [1.29, 1.82) is 0 Å². The number of rotatable bonds is 4. The Kier molecular flexibility index (Phi) is 4.02. The van der Waals surface area contributed by atoms with Crippen molar-refractivity contribution in [2.75, 3.05) is 7.11 Å². The molecule has 1 aromatic rings. The van der Waals surface area contributed by atoms with Crippen LogP contribution in [0.3, 0.4) is 0 Å². The Balaban J connectivity index is 2.25. The quantitative estimate of drug-likeness (QED) is 0.831. The molecule has 1 fully saturated rings. The molecule has 0 aliphatic heterocycles. The second-order valence-corrected chi connectivity index (χ2v) is 5.11. The van der Waals surface area contributed by atoms with E-state index < -0.39 is 5.54 Å². The van der Waals surface area contributed by atoms with Crippen molar-refractivity contribution < 1.29 is 9.53 Å². The third-order valence-electron chi connectivity index (χ3n) is 3.79. The molecule has 1 N–H and O–H groups in total. The Hall–Kier alpha value is -1.35. The number of carbonyl (C=O) groups excluding carboxylic acids is 1. The van der Waals surface area contributed by atoms with Crippen LogP contribution >= 0.6 is 0 Å². The maximum atomic E-state index is 12.1. The smallest absolute Gasteiger partial charge is 0.330 e. The fraction of sp³-hybridized carbons (Fsp3) is 0.533. The fourth-order valence-corrected chi connectivity index (χ4v) is 2.71. The summed E-state index contributed by atoms with van der Waals surface area (Å²) in [6.45, 7) is 1.91. The number of ether oxygens (including phenoxy) is 1. The summed E-state index contributed by atoms with van der Waals surface area (Å²) in [6.07, 6.45) is 4.76. The van der Waals surface area contributed by atoms with Gasteiger partial charge in [0.05, 0.1) is 7.11 Å². The summed E-state index contributed by atoms with van der Waals surface area (Å²) in [5.74, 6) is -0.222. The van der Waals surface area contributed by atoms with Crippen molar-refractivity contribution in [2.24, 2.45) is 0 Å². The monoisotopic (exact) mass is 247 g/mol. The van der Waals surface area contributed by atoms with E-state index in [9.17, 15) is 4.79 Å². The van der Waals surface area contributed by atoms with Crippen LogP contribution in [-0.2, 0) is 15.1 Å². The van der Waals surface area contributed by atoms with Crippen molar-refractivity contribution in [3.63, 3.8) is 0 Å². The van der Waals surface area contributed by atoms with Gasteiger partial charge in [-0.05, 0) is 25.3 Å². The second-order valence-electron chi connectivity index (χ2n) is 5.11. The topological polar surface area (TPSA) is 38.3 Å². The summed E-state index contributed by atoms with van der Waals surface area (Å²) in [6, 6.07) is 10.2. The van der Waals surface area contributed by atoms with Crippen molar-refractivity contribution in [3.8, 4) is 0 Å². The van der Waals surface area contributed by atoms with Gasteiger partial charge in [0.15, 0.2) is 0 Å². The number of hydrogen-bond donors (Lipinski definition) is 1. The number of methoxy groups -OCH3 is 1. The zero-order chi connectivity index (χ0) is 13.0. The van der Waals surface area contributed by atoms with Gasteiger partial charge in [0.25, 0.3) is 0 Å². The maximum absolute atomic E-state index is 12.1. The Bertz CT molecular complexity index is 398. The van der Waals surface area contributed by atoms with Crippen LogP contribution in [0.15, 0.2) is 30.3 Å². The lowest BCUT2D eigenvalue weighted by molar-refractivity contribution is -0.148. The highest BCUT2D eigenvalue weighted by atomic mass is 16.5. The highest BCUT2D eigenvalue weighted by Gasteiger charge is 2.38. The number of hydrogen-bond acceptors (Lipinski definition) is 3. The van der Waals surface area contributed by atoms with E-state index in [4.69, 9.17) is 4.74 Å². The minimum atomic E-state index is -0.745. The van der Waals surface area contributed by atoms with Crippen LogP contribution in [0.5, 0.6) is 0 Å². The highest BCUT2D eigenvalue weighted by molar-refractivity contribution is 5.82. The molecule has 1 atom stereocenters. The Labute approximate surface area is 109 Å². The lowest BCUT2D eigenvalue weighted by Gasteiger charge is -2.31. The Morgan fingerprint density at radius 1 is 1.28 bits per heavy atom. The second kappa shape index (κ2) is 5.53. The van der Waals surface area contributed by atoms with Gasteiger partial charge in [-0.25, -0.2) is 4.79 Å². The minimum Gasteiger partial charge on any atom is -0.467 e. The van der Waals surface area contributed by atoms with E-state index in [0.717, 1.165) is 18.4 Å². The standard InChI is InChI=1S/C15H21NO2/c1-15(14(17)18-2,12-8-4-3-5-9-12)16-13-10-6-7-11-13/h3-5,8-9,13,16H,6-7,10-11H2,1-2H3. The van der Waals surface area contributed by atoms with E-state index in [-0.39, 0.29) is 5.97 Å². The molecule has 0 saturated heterocycles. The average Bonchev–Trinajstić information content (AvgIpc) is 2.91. The van der Waals surface area contributed by atoms with Crippen LogP contribution in [0, 0.1) is 0 Å². The van der Waals surface area contributed by atoms with Gasteiger partial charge in [0, 0.05) is 6.04 Å². The van der Waals surface area contributed by atoms with E-state index >= 15 is 0 Å². The maximum Gasteiger partial charge on any atom is 0.330 e. The van der Waals surface area contributed by atoms with E-state index in [1.165, 1.54) is 20.0 Å². The summed E-state index contributed by atoms with van der Waals surface area (Å²) < 4.78 is 4.98. The third kappa shape index (κ3) is 2.56. The number of carbonyl (C=O) groups is 1. The first-order valence-corrected chi connectivity index (χ1v) is 6.58. The Morgan fingerprint density at radius 2 is 1.89 bits per heavy atom. The molecular formula is C15H21NO2.